The summed E-state index contributed by atoms with van der Waals surface area (Å²) in [6.07, 6.45) is 7.67. The maximum absolute atomic E-state index is 11.7. The van der Waals surface area contributed by atoms with Crippen LogP contribution in [0.25, 0.3) is 6.08 Å². The molecule has 1 aromatic heterocycles. The molecule has 4 heteroatoms. The van der Waals surface area contributed by atoms with Gasteiger partial charge < -0.3 is 5.32 Å². The third kappa shape index (κ3) is 4.97. The SMILES string of the molecule is O=C(/C=C/c1ccc(Br)cc1)NCCc1ccncc1. The second-order valence-corrected chi connectivity index (χ2v) is 5.20. The van der Waals surface area contributed by atoms with Gasteiger partial charge in [-0.1, -0.05) is 28.1 Å². The number of hydrogen-bond donors (Lipinski definition) is 1. The molecule has 0 spiro atoms. The van der Waals surface area contributed by atoms with Crippen LogP contribution in [0.1, 0.15) is 11.1 Å². The molecule has 0 aliphatic rings. The molecule has 2 aromatic rings. The van der Waals surface area contributed by atoms with Crippen LogP contribution in [0, 0.1) is 0 Å². The first-order chi connectivity index (χ1) is 9.74. The number of nitrogens with one attached hydrogen (secondary N) is 1. The van der Waals surface area contributed by atoms with Gasteiger partial charge in [-0.15, -0.1) is 0 Å². The van der Waals surface area contributed by atoms with Gasteiger partial charge in [0.15, 0.2) is 0 Å². The van der Waals surface area contributed by atoms with Crippen molar-refractivity contribution in [1.29, 1.82) is 0 Å². The molecule has 20 heavy (non-hydrogen) atoms. The molecule has 0 fully saturated rings. The minimum absolute atomic E-state index is 0.0815. The van der Waals surface area contributed by atoms with Crippen molar-refractivity contribution in [2.75, 3.05) is 6.54 Å². The third-order valence-electron chi connectivity index (χ3n) is 2.76. The molecule has 0 unspecified atom stereocenters. The average Bonchev–Trinajstić information content (AvgIpc) is 2.48. The zero-order valence-corrected chi connectivity index (χ0v) is 12.5. The van der Waals surface area contributed by atoms with Crippen LogP contribution in [-0.2, 0) is 11.2 Å². The summed E-state index contributed by atoms with van der Waals surface area (Å²) in [7, 11) is 0. The van der Waals surface area contributed by atoms with Gasteiger partial charge in [0.1, 0.15) is 0 Å². The van der Waals surface area contributed by atoms with E-state index in [1.165, 1.54) is 0 Å². The van der Waals surface area contributed by atoms with E-state index in [0.717, 1.165) is 22.0 Å². The van der Waals surface area contributed by atoms with Gasteiger partial charge in [0.05, 0.1) is 0 Å². The quantitative estimate of drug-likeness (QED) is 0.855. The van der Waals surface area contributed by atoms with Crippen LogP contribution in [0.15, 0.2) is 59.3 Å². The number of nitrogens with zero attached hydrogens (tertiary/aromatic N) is 1. The van der Waals surface area contributed by atoms with Crippen LogP contribution in [0.4, 0.5) is 0 Å². The molecule has 2 rings (SSSR count). The van der Waals surface area contributed by atoms with Crippen molar-refractivity contribution < 1.29 is 4.79 Å². The number of benzene rings is 1. The van der Waals surface area contributed by atoms with Crippen molar-refractivity contribution in [3.8, 4) is 0 Å². The Morgan fingerprint density at radius 3 is 2.55 bits per heavy atom. The van der Waals surface area contributed by atoms with E-state index < -0.39 is 0 Å². The number of carbonyl (C=O) groups excluding carboxylic acids is 1. The Kier molecular flexibility index (Phi) is 5.50. The predicted molar refractivity (Wildman–Crippen MR) is 84.1 cm³/mol. The predicted octanol–water partition coefficient (Wildman–Crippen LogP) is 3.22. The topological polar surface area (TPSA) is 42.0 Å². The lowest BCUT2D eigenvalue weighted by molar-refractivity contribution is -0.116. The maximum Gasteiger partial charge on any atom is 0.244 e. The van der Waals surface area contributed by atoms with E-state index in [4.69, 9.17) is 0 Å². The zero-order valence-electron chi connectivity index (χ0n) is 10.9. The standard InChI is InChI=1S/C16H15BrN2O/c17-15-4-1-13(2-5-15)3-6-16(20)19-12-9-14-7-10-18-11-8-14/h1-8,10-11H,9,12H2,(H,19,20)/b6-3+. The molecule has 1 N–H and O–H groups in total. The fourth-order valence-corrected chi connectivity index (χ4v) is 1.95. The lowest BCUT2D eigenvalue weighted by atomic mass is 10.2. The number of pyridine rings is 1. The number of rotatable bonds is 5. The van der Waals surface area contributed by atoms with E-state index in [-0.39, 0.29) is 5.91 Å². The molecule has 1 heterocycles. The third-order valence-corrected chi connectivity index (χ3v) is 3.29. The molecule has 0 atom stereocenters. The van der Waals surface area contributed by atoms with E-state index in [1.54, 1.807) is 24.5 Å². The van der Waals surface area contributed by atoms with Gasteiger partial charge in [-0.2, -0.15) is 0 Å². The summed E-state index contributed by atoms with van der Waals surface area (Å²) >= 11 is 3.37. The Bertz CT molecular complexity index is 579. The van der Waals surface area contributed by atoms with Gasteiger partial charge in [-0.25, -0.2) is 0 Å². The number of hydrogen-bond acceptors (Lipinski definition) is 2. The number of aromatic nitrogens is 1. The minimum Gasteiger partial charge on any atom is -0.352 e. The molecule has 0 aliphatic carbocycles. The second-order valence-electron chi connectivity index (χ2n) is 4.28. The van der Waals surface area contributed by atoms with E-state index in [1.807, 2.05) is 36.4 Å². The Morgan fingerprint density at radius 1 is 1.15 bits per heavy atom. The largest absolute Gasteiger partial charge is 0.352 e. The number of amides is 1. The summed E-state index contributed by atoms with van der Waals surface area (Å²) in [6.45, 7) is 0.619. The summed E-state index contributed by atoms with van der Waals surface area (Å²) in [4.78, 5) is 15.6. The Balaban J connectivity index is 1.76. The van der Waals surface area contributed by atoms with Crippen molar-refractivity contribution in [3.63, 3.8) is 0 Å². The van der Waals surface area contributed by atoms with Gasteiger partial charge in [-0.05, 0) is 47.9 Å². The molecule has 102 valence electrons. The van der Waals surface area contributed by atoms with Crippen LogP contribution in [0.3, 0.4) is 0 Å². The van der Waals surface area contributed by atoms with Gasteiger partial charge >= 0.3 is 0 Å². The Labute approximate surface area is 126 Å². The summed E-state index contributed by atoms with van der Waals surface area (Å²) in [5, 5.41) is 2.86. The van der Waals surface area contributed by atoms with Crippen LogP contribution in [-0.4, -0.2) is 17.4 Å². The zero-order chi connectivity index (χ0) is 14.2. The summed E-state index contributed by atoms with van der Waals surface area (Å²) < 4.78 is 1.02. The smallest absolute Gasteiger partial charge is 0.244 e. The van der Waals surface area contributed by atoms with Crippen molar-refractivity contribution in [3.05, 3.63) is 70.5 Å². The van der Waals surface area contributed by atoms with Crippen molar-refractivity contribution >= 4 is 27.9 Å². The lowest BCUT2D eigenvalue weighted by Crippen LogP contribution is -2.23. The monoisotopic (exact) mass is 330 g/mol. The van der Waals surface area contributed by atoms with Gasteiger partial charge in [0, 0.05) is 29.5 Å². The van der Waals surface area contributed by atoms with Gasteiger partial charge in [0.2, 0.25) is 5.91 Å². The molecule has 1 amide bonds. The highest BCUT2D eigenvalue weighted by Crippen LogP contribution is 2.11. The molecule has 0 aliphatic heterocycles. The van der Waals surface area contributed by atoms with Crippen LogP contribution >= 0.6 is 15.9 Å². The molecule has 0 saturated heterocycles. The van der Waals surface area contributed by atoms with Crippen LogP contribution in [0.5, 0.6) is 0 Å². The molecule has 1 aromatic carbocycles. The van der Waals surface area contributed by atoms with Crippen LogP contribution < -0.4 is 5.32 Å². The van der Waals surface area contributed by atoms with E-state index in [9.17, 15) is 4.79 Å². The first kappa shape index (κ1) is 14.5. The normalized spacial score (nSPS) is 10.7. The molecule has 0 bridgehead atoms. The summed E-state index contributed by atoms with van der Waals surface area (Å²) in [6, 6.07) is 11.7. The lowest BCUT2D eigenvalue weighted by Gasteiger charge is -2.02. The van der Waals surface area contributed by atoms with Crippen LogP contribution in [0.2, 0.25) is 0 Å². The molecular formula is C16H15BrN2O. The highest BCUT2D eigenvalue weighted by atomic mass is 79.9. The number of halogens is 1. The second kappa shape index (κ2) is 7.60. The fourth-order valence-electron chi connectivity index (χ4n) is 1.68. The first-order valence-electron chi connectivity index (χ1n) is 6.34. The highest BCUT2D eigenvalue weighted by Gasteiger charge is 1.96. The average molecular weight is 331 g/mol. The number of carbonyl (C=O) groups is 1. The molecule has 0 saturated carbocycles. The van der Waals surface area contributed by atoms with E-state index in [2.05, 4.69) is 26.2 Å². The Morgan fingerprint density at radius 2 is 1.85 bits per heavy atom. The van der Waals surface area contributed by atoms with Crippen molar-refractivity contribution in [2.24, 2.45) is 0 Å². The molecule has 3 nitrogen and oxygen atoms in total. The molecule has 0 radical (unpaired) electrons. The summed E-state index contributed by atoms with van der Waals surface area (Å²) in [5.41, 5.74) is 2.16. The minimum atomic E-state index is -0.0815. The van der Waals surface area contributed by atoms with E-state index in [0.29, 0.717) is 6.54 Å². The van der Waals surface area contributed by atoms with Crippen molar-refractivity contribution in [1.82, 2.24) is 10.3 Å². The highest BCUT2D eigenvalue weighted by molar-refractivity contribution is 9.10. The van der Waals surface area contributed by atoms with E-state index >= 15 is 0 Å². The van der Waals surface area contributed by atoms with Gasteiger partial charge in [-0.3, -0.25) is 9.78 Å². The summed E-state index contributed by atoms with van der Waals surface area (Å²) in [5.74, 6) is -0.0815. The Hall–Kier alpha value is -1.94. The maximum atomic E-state index is 11.7. The molecular weight excluding hydrogens is 316 g/mol. The fraction of sp³-hybridized carbons (Fsp3) is 0.125. The van der Waals surface area contributed by atoms with Gasteiger partial charge in [0.25, 0.3) is 0 Å². The van der Waals surface area contributed by atoms with Crippen molar-refractivity contribution in [2.45, 2.75) is 6.42 Å². The first-order valence-corrected chi connectivity index (χ1v) is 7.14.